The second-order valence-electron chi connectivity index (χ2n) is 2.40. The third kappa shape index (κ3) is 3.92. The maximum Gasteiger partial charge on any atom is 0.336 e. The molecule has 1 aromatic rings. The summed E-state index contributed by atoms with van der Waals surface area (Å²) in [6.07, 6.45) is 0. The molecule has 0 fully saturated rings. The molecule has 0 bridgehead atoms. The highest BCUT2D eigenvalue weighted by Gasteiger charge is 2.14. The number of halogens is 1. The van der Waals surface area contributed by atoms with Gasteiger partial charge in [-0.3, -0.25) is 4.79 Å². The Hall–Kier alpha value is -1.53. The molecule has 0 spiro atoms. The van der Waals surface area contributed by atoms with Gasteiger partial charge in [0.25, 0.3) is 0 Å². The fraction of sp³-hybridized carbons (Fsp3) is 0. The summed E-state index contributed by atoms with van der Waals surface area (Å²) in [5.41, 5.74) is -0.216. The van der Waals surface area contributed by atoms with Crippen molar-refractivity contribution in [2.24, 2.45) is 0 Å². The van der Waals surface area contributed by atoms with Crippen molar-refractivity contribution in [3.8, 4) is 0 Å². The lowest BCUT2D eigenvalue weighted by Crippen LogP contribution is -2.04. The van der Waals surface area contributed by atoms with E-state index in [0.717, 1.165) is 0 Å². The maximum atomic E-state index is 10.6. The first kappa shape index (κ1) is 14.5. The van der Waals surface area contributed by atoms with Crippen LogP contribution in [0.15, 0.2) is 23.1 Å². The fourth-order valence-corrected chi connectivity index (χ4v) is 1.23. The van der Waals surface area contributed by atoms with Crippen LogP contribution in [-0.4, -0.2) is 27.9 Å². The molecule has 0 saturated heterocycles. The van der Waals surface area contributed by atoms with Crippen LogP contribution in [0.5, 0.6) is 0 Å². The Kier molecular flexibility index (Phi) is 6.21. The number of hydrogen-bond acceptors (Lipinski definition) is 4. The lowest BCUT2D eigenvalue weighted by molar-refractivity contribution is 0.0690. The van der Waals surface area contributed by atoms with Crippen LogP contribution >= 0.6 is 24.2 Å². The molecule has 1 aromatic carbocycles. The average Bonchev–Trinajstić information content (AvgIpc) is 2.18. The average molecular weight is 263 g/mol. The van der Waals surface area contributed by atoms with Crippen LogP contribution in [0.25, 0.3) is 0 Å². The predicted octanol–water partition coefficient (Wildman–Crippen LogP) is 1.79. The molecule has 7 heteroatoms. The predicted molar refractivity (Wildman–Crippen MR) is 60.2 cm³/mol. The second kappa shape index (κ2) is 6.86. The Bertz CT molecular complexity index is 386. The summed E-state index contributed by atoms with van der Waals surface area (Å²) in [5.74, 6) is -2.15. The van der Waals surface area contributed by atoms with Crippen LogP contribution in [0.3, 0.4) is 0 Å². The van der Waals surface area contributed by atoms with Gasteiger partial charge in [0.1, 0.15) is 0 Å². The van der Waals surface area contributed by atoms with Gasteiger partial charge in [-0.05, 0) is 23.7 Å². The molecular formula is C9H7ClO5S. The molecule has 0 radical (unpaired) electrons. The van der Waals surface area contributed by atoms with Gasteiger partial charge in [0, 0.05) is 4.90 Å². The molecule has 86 valence electrons. The number of hydrogen-bond donors (Lipinski definition) is 3. The van der Waals surface area contributed by atoms with Crippen molar-refractivity contribution in [1.82, 2.24) is 0 Å². The zero-order chi connectivity index (χ0) is 12.7. The van der Waals surface area contributed by atoms with Gasteiger partial charge < -0.3 is 10.2 Å². The molecule has 1 rings (SSSR count). The summed E-state index contributed by atoms with van der Waals surface area (Å²) in [7, 11) is 0. The Morgan fingerprint density at radius 3 is 1.75 bits per heavy atom. The first-order chi connectivity index (χ1) is 7.45. The van der Waals surface area contributed by atoms with Crippen molar-refractivity contribution in [2.75, 3.05) is 0 Å². The summed E-state index contributed by atoms with van der Waals surface area (Å²) in [5, 5.41) is 17.3. The topological polar surface area (TPSA) is 91.7 Å². The van der Waals surface area contributed by atoms with Crippen LogP contribution in [0.1, 0.15) is 20.7 Å². The molecule has 0 aliphatic rings. The van der Waals surface area contributed by atoms with E-state index < -0.39 is 11.9 Å². The van der Waals surface area contributed by atoms with Crippen LogP contribution in [0.2, 0.25) is 0 Å². The minimum Gasteiger partial charge on any atom is -0.478 e. The van der Waals surface area contributed by atoms with E-state index in [1.54, 1.807) is 0 Å². The molecule has 0 saturated carbocycles. The van der Waals surface area contributed by atoms with Crippen LogP contribution in [-0.2, 0) is 4.79 Å². The lowest BCUT2D eigenvalue weighted by atomic mass is 10.1. The van der Waals surface area contributed by atoms with E-state index in [-0.39, 0.29) is 21.8 Å². The highest BCUT2D eigenvalue weighted by Crippen LogP contribution is 2.18. The molecule has 0 aromatic heterocycles. The minimum absolute atomic E-state index is 0.0255. The van der Waals surface area contributed by atoms with Crippen molar-refractivity contribution in [1.29, 1.82) is 0 Å². The van der Waals surface area contributed by atoms with Gasteiger partial charge in [0.2, 0.25) is 5.75 Å². The minimum atomic E-state index is -1.19. The lowest BCUT2D eigenvalue weighted by Gasteiger charge is -2.02. The third-order valence-electron chi connectivity index (χ3n) is 1.50. The van der Waals surface area contributed by atoms with E-state index in [1.165, 1.54) is 18.2 Å². The van der Waals surface area contributed by atoms with E-state index >= 15 is 0 Å². The first-order valence-electron chi connectivity index (χ1n) is 3.78. The number of carbonyl (C=O) groups excluding carboxylic acids is 1. The largest absolute Gasteiger partial charge is 0.478 e. The van der Waals surface area contributed by atoms with E-state index in [2.05, 4.69) is 24.2 Å². The molecule has 0 atom stereocenters. The SMILES string of the molecule is O=C(O)c1cccc(C(=O)O)c1S.O=CCl. The second-order valence-corrected chi connectivity index (χ2v) is 3.03. The normalized spacial score (nSPS) is 8.62. The summed E-state index contributed by atoms with van der Waals surface area (Å²) >= 11 is 8.15. The Balaban J connectivity index is 0.000000673. The fourth-order valence-electron chi connectivity index (χ4n) is 0.889. The van der Waals surface area contributed by atoms with E-state index in [9.17, 15) is 9.59 Å². The summed E-state index contributed by atoms with van der Waals surface area (Å²) in [4.78, 5) is 29.7. The molecule has 5 nitrogen and oxygen atoms in total. The third-order valence-corrected chi connectivity index (χ3v) is 1.98. The van der Waals surface area contributed by atoms with E-state index in [1.807, 2.05) is 0 Å². The number of carboxylic acids is 2. The van der Waals surface area contributed by atoms with Gasteiger partial charge in [-0.25, -0.2) is 9.59 Å². The smallest absolute Gasteiger partial charge is 0.336 e. The zero-order valence-electron chi connectivity index (χ0n) is 7.75. The summed E-state index contributed by atoms with van der Waals surface area (Å²) in [6.45, 7) is 0. The van der Waals surface area contributed by atoms with Crippen molar-refractivity contribution in [2.45, 2.75) is 4.90 Å². The van der Waals surface area contributed by atoms with Crippen LogP contribution in [0, 0.1) is 0 Å². The van der Waals surface area contributed by atoms with Crippen molar-refractivity contribution in [3.05, 3.63) is 29.3 Å². The number of carbonyl (C=O) groups is 3. The number of carboxylic acid groups (broad SMARTS) is 2. The monoisotopic (exact) mass is 262 g/mol. The number of rotatable bonds is 2. The summed E-state index contributed by atoms with van der Waals surface area (Å²) in [6, 6.07) is 3.97. The van der Waals surface area contributed by atoms with Gasteiger partial charge in [0.05, 0.1) is 11.1 Å². The van der Waals surface area contributed by atoms with Crippen LogP contribution in [0.4, 0.5) is 0 Å². The number of benzene rings is 1. The quantitative estimate of drug-likeness (QED) is 0.429. The Morgan fingerprint density at radius 2 is 1.50 bits per heavy atom. The van der Waals surface area contributed by atoms with Gasteiger partial charge >= 0.3 is 11.9 Å². The van der Waals surface area contributed by atoms with Gasteiger partial charge in [-0.1, -0.05) is 6.07 Å². The Morgan fingerprint density at radius 1 is 1.19 bits per heavy atom. The van der Waals surface area contributed by atoms with Gasteiger partial charge in [-0.15, -0.1) is 12.6 Å². The summed E-state index contributed by atoms with van der Waals surface area (Å²) < 4.78 is 0. The molecule has 16 heavy (non-hydrogen) atoms. The maximum absolute atomic E-state index is 10.6. The highest BCUT2D eigenvalue weighted by molar-refractivity contribution is 7.80. The van der Waals surface area contributed by atoms with E-state index in [4.69, 9.17) is 15.0 Å². The Labute approximate surface area is 101 Å². The zero-order valence-corrected chi connectivity index (χ0v) is 9.40. The standard InChI is InChI=1S/C8H6O4S.CHClO/c9-7(10)4-2-1-3-5(6(4)13)8(11)12;2-1-3/h1-3,13H,(H,9,10)(H,11,12);1H. The van der Waals surface area contributed by atoms with Crippen molar-refractivity contribution >= 4 is 41.9 Å². The molecule has 0 aliphatic heterocycles. The van der Waals surface area contributed by atoms with Crippen molar-refractivity contribution in [3.63, 3.8) is 0 Å². The van der Waals surface area contributed by atoms with Gasteiger partial charge in [0.15, 0.2) is 0 Å². The number of aromatic carboxylic acids is 2. The molecule has 0 aliphatic carbocycles. The molecule has 2 N–H and O–H groups in total. The molecule has 0 amide bonds. The molecule has 0 unspecified atom stereocenters. The number of thiol groups is 1. The van der Waals surface area contributed by atoms with Crippen molar-refractivity contribution < 1.29 is 24.6 Å². The molecule has 0 heterocycles. The first-order valence-corrected chi connectivity index (χ1v) is 4.66. The highest BCUT2D eigenvalue weighted by atomic mass is 35.5. The van der Waals surface area contributed by atoms with Crippen LogP contribution < -0.4 is 0 Å². The molecular weight excluding hydrogens is 256 g/mol. The van der Waals surface area contributed by atoms with E-state index in [0.29, 0.717) is 0 Å². The van der Waals surface area contributed by atoms with Gasteiger partial charge in [-0.2, -0.15) is 0 Å².